The van der Waals surface area contributed by atoms with Gasteiger partial charge in [0.15, 0.2) is 5.75 Å². The van der Waals surface area contributed by atoms with Crippen molar-refractivity contribution >= 4 is 27.7 Å². The van der Waals surface area contributed by atoms with E-state index in [0.29, 0.717) is 5.69 Å². The Hall–Kier alpha value is -3.07. The zero-order valence-corrected chi connectivity index (χ0v) is 17.6. The van der Waals surface area contributed by atoms with E-state index in [9.17, 15) is 8.42 Å². The number of nitrogens with zero attached hydrogens (tertiary/aromatic N) is 3. The summed E-state index contributed by atoms with van der Waals surface area (Å²) in [6.45, 7) is 1.89. The van der Waals surface area contributed by atoms with Gasteiger partial charge in [-0.05, 0) is 56.9 Å². The van der Waals surface area contributed by atoms with Crippen LogP contribution in [-0.2, 0) is 10.1 Å². The molecule has 0 radical (unpaired) electrons. The lowest BCUT2D eigenvalue weighted by molar-refractivity contribution is 0.304. The molecule has 1 aliphatic carbocycles. The highest BCUT2D eigenvalue weighted by Gasteiger charge is 2.43. The first-order valence-electron chi connectivity index (χ1n) is 9.91. The molecule has 1 spiro atoms. The van der Waals surface area contributed by atoms with Gasteiger partial charge in [-0.1, -0.05) is 36.2 Å². The molecule has 8 nitrogen and oxygen atoms in total. The van der Waals surface area contributed by atoms with Crippen LogP contribution in [0.2, 0.25) is 0 Å². The van der Waals surface area contributed by atoms with Crippen molar-refractivity contribution in [1.82, 2.24) is 0 Å². The average molecular weight is 428 g/mol. The molecule has 0 bridgehead atoms. The SMILES string of the molecule is Cc1ccc(S(=O)(=O)Oc2ccccc2N2C(N)=NC(N)=NC23CCCCC3)cc1. The van der Waals surface area contributed by atoms with Crippen LogP contribution in [0, 0.1) is 6.92 Å². The van der Waals surface area contributed by atoms with Crippen molar-refractivity contribution in [3.63, 3.8) is 0 Å². The second-order valence-electron chi connectivity index (χ2n) is 7.64. The lowest BCUT2D eigenvalue weighted by Gasteiger charge is -2.45. The maximum absolute atomic E-state index is 12.9. The van der Waals surface area contributed by atoms with Crippen LogP contribution in [-0.4, -0.2) is 26.0 Å². The normalized spacial score (nSPS) is 18.6. The van der Waals surface area contributed by atoms with Gasteiger partial charge in [-0.3, -0.25) is 4.90 Å². The highest BCUT2D eigenvalue weighted by Crippen LogP contribution is 2.43. The van der Waals surface area contributed by atoms with Crippen molar-refractivity contribution in [3.05, 3.63) is 54.1 Å². The van der Waals surface area contributed by atoms with Gasteiger partial charge in [-0.15, -0.1) is 0 Å². The zero-order valence-electron chi connectivity index (χ0n) is 16.8. The van der Waals surface area contributed by atoms with Crippen LogP contribution in [0.4, 0.5) is 5.69 Å². The molecule has 30 heavy (non-hydrogen) atoms. The van der Waals surface area contributed by atoms with Crippen LogP contribution >= 0.6 is 0 Å². The summed E-state index contributed by atoms with van der Waals surface area (Å²) in [7, 11) is -4.03. The van der Waals surface area contributed by atoms with E-state index in [2.05, 4.69) is 9.98 Å². The Bertz CT molecular complexity index is 1100. The zero-order chi connectivity index (χ0) is 21.4. The van der Waals surface area contributed by atoms with E-state index < -0.39 is 15.8 Å². The number of aliphatic imine (C=N–C) groups is 2. The molecule has 1 heterocycles. The van der Waals surface area contributed by atoms with Crippen LogP contribution in [0.25, 0.3) is 0 Å². The molecular formula is C21H25N5O3S. The predicted molar refractivity (Wildman–Crippen MR) is 117 cm³/mol. The van der Waals surface area contributed by atoms with Crippen molar-refractivity contribution in [3.8, 4) is 5.75 Å². The predicted octanol–water partition coefficient (Wildman–Crippen LogP) is 2.87. The molecule has 0 unspecified atom stereocenters. The van der Waals surface area contributed by atoms with E-state index in [1.165, 1.54) is 12.1 Å². The van der Waals surface area contributed by atoms with Gasteiger partial charge < -0.3 is 15.7 Å². The number of guanidine groups is 2. The van der Waals surface area contributed by atoms with Crippen LogP contribution in [0.3, 0.4) is 0 Å². The molecule has 2 aliphatic rings. The van der Waals surface area contributed by atoms with E-state index in [4.69, 9.17) is 15.7 Å². The maximum atomic E-state index is 12.9. The van der Waals surface area contributed by atoms with E-state index in [1.54, 1.807) is 41.3 Å². The molecule has 4 N–H and O–H groups in total. The smallest absolute Gasteiger partial charge is 0.339 e. The Labute approximate surface area is 176 Å². The van der Waals surface area contributed by atoms with Crippen molar-refractivity contribution < 1.29 is 12.6 Å². The number of aryl methyl sites for hydroxylation is 1. The van der Waals surface area contributed by atoms with Crippen molar-refractivity contribution in [1.29, 1.82) is 0 Å². The molecule has 158 valence electrons. The highest BCUT2D eigenvalue weighted by molar-refractivity contribution is 7.87. The Morgan fingerprint density at radius 1 is 1.00 bits per heavy atom. The average Bonchev–Trinajstić information content (AvgIpc) is 2.69. The first-order valence-corrected chi connectivity index (χ1v) is 11.3. The van der Waals surface area contributed by atoms with E-state index in [-0.39, 0.29) is 22.6 Å². The van der Waals surface area contributed by atoms with E-state index in [0.717, 1.165) is 37.7 Å². The molecule has 1 saturated carbocycles. The van der Waals surface area contributed by atoms with Gasteiger partial charge in [0.1, 0.15) is 10.6 Å². The minimum Gasteiger partial charge on any atom is -0.377 e. The van der Waals surface area contributed by atoms with Gasteiger partial charge in [0.25, 0.3) is 0 Å². The summed E-state index contributed by atoms with van der Waals surface area (Å²) in [5.41, 5.74) is 13.0. The van der Waals surface area contributed by atoms with Crippen molar-refractivity contribution in [2.75, 3.05) is 4.90 Å². The Kier molecular flexibility index (Phi) is 5.15. The van der Waals surface area contributed by atoms with Crippen LogP contribution < -0.4 is 20.6 Å². The fourth-order valence-electron chi connectivity index (χ4n) is 4.05. The topological polar surface area (TPSA) is 123 Å². The quantitative estimate of drug-likeness (QED) is 0.723. The van der Waals surface area contributed by atoms with Gasteiger partial charge in [-0.25, -0.2) is 4.99 Å². The molecule has 0 saturated heterocycles. The summed E-state index contributed by atoms with van der Waals surface area (Å²) < 4.78 is 31.4. The molecule has 1 aliphatic heterocycles. The van der Waals surface area contributed by atoms with Crippen LogP contribution in [0.5, 0.6) is 5.75 Å². The second kappa shape index (κ2) is 7.64. The number of para-hydroxylation sites is 2. The van der Waals surface area contributed by atoms with Crippen LogP contribution in [0.15, 0.2) is 63.4 Å². The van der Waals surface area contributed by atoms with Crippen molar-refractivity contribution in [2.45, 2.75) is 49.6 Å². The Balaban J connectivity index is 1.76. The second-order valence-corrected chi connectivity index (χ2v) is 9.18. The first kappa shape index (κ1) is 20.2. The molecule has 9 heteroatoms. The van der Waals surface area contributed by atoms with E-state index in [1.807, 2.05) is 6.92 Å². The van der Waals surface area contributed by atoms with Gasteiger partial charge in [0, 0.05) is 0 Å². The molecule has 0 atom stereocenters. The van der Waals surface area contributed by atoms with Gasteiger partial charge in [0.05, 0.1) is 5.69 Å². The number of nitrogens with two attached hydrogens (primary N) is 2. The minimum absolute atomic E-state index is 0.0813. The fourth-order valence-corrected chi connectivity index (χ4v) is 5.00. The fraction of sp³-hybridized carbons (Fsp3) is 0.333. The third kappa shape index (κ3) is 3.72. The number of anilines is 1. The number of hydrogen-bond acceptors (Lipinski definition) is 8. The number of rotatable bonds is 4. The number of benzene rings is 2. The Morgan fingerprint density at radius 3 is 2.37 bits per heavy atom. The monoisotopic (exact) mass is 427 g/mol. The molecule has 2 aromatic rings. The third-order valence-electron chi connectivity index (χ3n) is 5.47. The lowest BCUT2D eigenvalue weighted by atomic mass is 9.87. The highest BCUT2D eigenvalue weighted by atomic mass is 32.2. The molecule has 1 fully saturated rings. The summed E-state index contributed by atoms with van der Waals surface area (Å²) in [5, 5.41) is 0. The maximum Gasteiger partial charge on any atom is 0.339 e. The molecule has 0 aromatic heterocycles. The van der Waals surface area contributed by atoms with E-state index >= 15 is 0 Å². The van der Waals surface area contributed by atoms with Gasteiger partial charge in [-0.2, -0.15) is 13.4 Å². The summed E-state index contributed by atoms with van der Waals surface area (Å²) >= 11 is 0. The molecule has 0 amide bonds. The van der Waals surface area contributed by atoms with Crippen molar-refractivity contribution in [2.24, 2.45) is 21.5 Å². The standard InChI is InChI=1S/C21H25N5O3S/c1-15-9-11-16(12-10-15)30(27,28)29-18-8-4-3-7-17(18)26-20(23)24-19(22)25-21(26)13-5-2-6-14-21/h3-4,7-12H,2,5-6,13-14H2,1H3,(H4,22,23,24,25). The number of hydrogen-bond donors (Lipinski definition) is 2. The Morgan fingerprint density at radius 2 is 1.67 bits per heavy atom. The van der Waals surface area contributed by atoms with Gasteiger partial charge in [0.2, 0.25) is 11.9 Å². The summed E-state index contributed by atoms with van der Waals surface area (Å²) in [5.74, 6) is 0.473. The summed E-state index contributed by atoms with van der Waals surface area (Å²) in [6, 6.07) is 13.4. The molecular weight excluding hydrogens is 402 g/mol. The minimum atomic E-state index is -4.03. The third-order valence-corrected chi connectivity index (χ3v) is 6.72. The molecule has 2 aromatic carbocycles. The largest absolute Gasteiger partial charge is 0.377 e. The first-order chi connectivity index (χ1) is 14.3. The van der Waals surface area contributed by atoms with Crippen LogP contribution in [0.1, 0.15) is 37.7 Å². The summed E-state index contributed by atoms with van der Waals surface area (Å²) in [6.07, 6.45) is 4.50. The lowest BCUT2D eigenvalue weighted by Crippen LogP contribution is -2.58. The summed E-state index contributed by atoms with van der Waals surface area (Å²) in [4.78, 5) is 10.6. The van der Waals surface area contributed by atoms with Gasteiger partial charge >= 0.3 is 10.1 Å². The molecule has 4 rings (SSSR count).